The van der Waals surface area contributed by atoms with Gasteiger partial charge in [-0.1, -0.05) is 18.2 Å². The van der Waals surface area contributed by atoms with Gasteiger partial charge in [0.05, 0.1) is 17.9 Å². The fraction of sp³-hybridized carbons (Fsp3) is 0.133. The first-order chi connectivity index (χ1) is 9.63. The maximum absolute atomic E-state index is 11.8. The van der Waals surface area contributed by atoms with E-state index in [4.69, 9.17) is 5.73 Å². The molecule has 3 rings (SSSR count). The van der Waals surface area contributed by atoms with E-state index in [1.165, 1.54) is 0 Å². The quantitative estimate of drug-likeness (QED) is 0.831. The molecular formula is C15H14BrN3O. The van der Waals surface area contributed by atoms with Crippen LogP contribution in [0.15, 0.2) is 46.9 Å². The summed E-state index contributed by atoms with van der Waals surface area (Å²) in [6, 6.07) is 13.7. The summed E-state index contributed by atoms with van der Waals surface area (Å²) in [4.78, 5) is 13.8. The number of fused-ring (bicyclic) bond motifs is 1. The minimum Gasteiger partial charge on any atom is -0.398 e. The van der Waals surface area contributed by atoms with Gasteiger partial charge in [0, 0.05) is 16.7 Å². The van der Waals surface area contributed by atoms with Crippen LogP contribution in [0.2, 0.25) is 0 Å². The lowest BCUT2D eigenvalue weighted by Gasteiger charge is -2.31. The van der Waals surface area contributed by atoms with Crippen LogP contribution in [0.3, 0.4) is 0 Å². The Hall–Kier alpha value is -2.01. The van der Waals surface area contributed by atoms with Crippen molar-refractivity contribution < 1.29 is 4.79 Å². The monoisotopic (exact) mass is 331 g/mol. The molecule has 0 unspecified atom stereocenters. The molecule has 2 aromatic carbocycles. The smallest absolute Gasteiger partial charge is 0.243 e. The first-order valence-corrected chi connectivity index (χ1v) is 7.10. The largest absolute Gasteiger partial charge is 0.398 e. The van der Waals surface area contributed by atoms with Gasteiger partial charge < -0.3 is 16.0 Å². The van der Waals surface area contributed by atoms with E-state index in [9.17, 15) is 4.79 Å². The summed E-state index contributed by atoms with van der Waals surface area (Å²) in [6.07, 6.45) is 0. The number of carbonyl (C=O) groups excluding carboxylic acids is 1. The first kappa shape index (κ1) is 13.0. The second-order valence-corrected chi connectivity index (χ2v) is 5.63. The lowest BCUT2D eigenvalue weighted by atomic mass is 10.1. The third-order valence-corrected chi connectivity index (χ3v) is 4.01. The maximum Gasteiger partial charge on any atom is 0.243 e. The number of anilines is 3. The van der Waals surface area contributed by atoms with Crippen LogP contribution in [0, 0.1) is 0 Å². The normalized spacial score (nSPS) is 13.8. The Bertz CT molecular complexity index is 672. The Balaban J connectivity index is 1.90. The molecule has 0 radical (unpaired) electrons. The maximum atomic E-state index is 11.8. The molecule has 5 heteroatoms. The minimum atomic E-state index is 0.00813. The SMILES string of the molecule is Nc1cc(CN2CC(=O)Nc3ccccc32)ccc1Br. The molecule has 0 saturated carbocycles. The van der Waals surface area contributed by atoms with E-state index in [0.29, 0.717) is 18.8 Å². The standard InChI is InChI=1S/C15H14BrN3O/c16-11-6-5-10(7-12(11)17)8-19-9-15(20)18-13-3-1-2-4-14(13)19/h1-7H,8-9,17H2,(H,18,20). The highest BCUT2D eigenvalue weighted by Crippen LogP contribution is 2.30. The Morgan fingerprint density at radius 2 is 2.05 bits per heavy atom. The van der Waals surface area contributed by atoms with Gasteiger partial charge in [-0.3, -0.25) is 4.79 Å². The summed E-state index contributed by atoms with van der Waals surface area (Å²) in [6.45, 7) is 1.01. The summed E-state index contributed by atoms with van der Waals surface area (Å²) >= 11 is 3.39. The molecule has 0 fully saturated rings. The molecule has 1 heterocycles. The summed E-state index contributed by atoms with van der Waals surface area (Å²) in [7, 11) is 0. The molecule has 0 spiro atoms. The van der Waals surface area contributed by atoms with Crippen LogP contribution in [0.4, 0.5) is 17.1 Å². The van der Waals surface area contributed by atoms with Crippen molar-refractivity contribution in [2.45, 2.75) is 6.54 Å². The van der Waals surface area contributed by atoms with Gasteiger partial charge in [0.2, 0.25) is 5.91 Å². The minimum absolute atomic E-state index is 0.00813. The number of carbonyl (C=O) groups is 1. The summed E-state index contributed by atoms with van der Waals surface area (Å²) in [5.41, 5.74) is 9.58. The van der Waals surface area contributed by atoms with Crippen molar-refractivity contribution in [1.82, 2.24) is 0 Å². The molecule has 3 N–H and O–H groups in total. The highest BCUT2D eigenvalue weighted by atomic mass is 79.9. The van der Waals surface area contributed by atoms with E-state index in [1.807, 2.05) is 42.5 Å². The average Bonchev–Trinajstić information content (AvgIpc) is 2.43. The number of hydrogen-bond acceptors (Lipinski definition) is 3. The molecular weight excluding hydrogens is 318 g/mol. The fourth-order valence-corrected chi connectivity index (χ4v) is 2.60. The van der Waals surface area contributed by atoms with Gasteiger partial charge in [-0.25, -0.2) is 0 Å². The fourth-order valence-electron chi connectivity index (χ4n) is 2.36. The van der Waals surface area contributed by atoms with Gasteiger partial charge in [0.1, 0.15) is 0 Å². The number of halogens is 1. The van der Waals surface area contributed by atoms with Crippen molar-refractivity contribution in [1.29, 1.82) is 0 Å². The van der Waals surface area contributed by atoms with E-state index in [2.05, 4.69) is 26.1 Å². The zero-order valence-corrected chi connectivity index (χ0v) is 12.4. The average molecular weight is 332 g/mol. The zero-order valence-electron chi connectivity index (χ0n) is 10.8. The third-order valence-electron chi connectivity index (χ3n) is 3.29. The number of benzene rings is 2. The lowest BCUT2D eigenvalue weighted by molar-refractivity contribution is -0.115. The van der Waals surface area contributed by atoms with Gasteiger partial charge in [-0.15, -0.1) is 0 Å². The molecule has 102 valence electrons. The van der Waals surface area contributed by atoms with Crippen molar-refractivity contribution in [3.05, 3.63) is 52.5 Å². The van der Waals surface area contributed by atoms with Gasteiger partial charge >= 0.3 is 0 Å². The van der Waals surface area contributed by atoms with Crippen LogP contribution in [0.5, 0.6) is 0 Å². The number of nitrogens with zero attached hydrogens (tertiary/aromatic N) is 1. The summed E-state index contributed by atoms with van der Waals surface area (Å²) < 4.78 is 0.887. The van der Waals surface area contributed by atoms with Crippen molar-refractivity contribution >= 4 is 38.9 Å². The van der Waals surface area contributed by atoms with Crippen molar-refractivity contribution in [2.75, 3.05) is 22.5 Å². The predicted molar refractivity (Wildman–Crippen MR) is 84.7 cm³/mol. The zero-order chi connectivity index (χ0) is 14.1. The van der Waals surface area contributed by atoms with E-state index < -0.39 is 0 Å². The Labute approximate surface area is 125 Å². The van der Waals surface area contributed by atoms with Crippen molar-refractivity contribution in [2.24, 2.45) is 0 Å². The van der Waals surface area contributed by atoms with E-state index in [1.54, 1.807) is 0 Å². The predicted octanol–water partition coefficient (Wildman–Crippen LogP) is 2.99. The molecule has 0 aromatic heterocycles. The summed E-state index contributed by atoms with van der Waals surface area (Å²) in [5.74, 6) is 0.00813. The number of nitrogens with two attached hydrogens (primary N) is 1. The van der Waals surface area contributed by atoms with Gasteiger partial charge in [-0.2, -0.15) is 0 Å². The van der Waals surface area contributed by atoms with Crippen molar-refractivity contribution in [3.63, 3.8) is 0 Å². The van der Waals surface area contributed by atoms with Crippen LogP contribution in [0.25, 0.3) is 0 Å². The number of rotatable bonds is 2. The number of para-hydroxylation sites is 2. The van der Waals surface area contributed by atoms with Crippen LogP contribution in [-0.2, 0) is 11.3 Å². The molecule has 0 atom stereocenters. The molecule has 1 aliphatic rings. The molecule has 4 nitrogen and oxygen atoms in total. The highest BCUT2D eigenvalue weighted by Gasteiger charge is 2.21. The summed E-state index contributed by atoms with van der Waals surface area (Å²) in [5, 5.41) is 2.88. The van der Waals surface area contributed by atoms with E-state index in [-0.39, 0.29) is 5.91 Å². The van der Waals surface area contributed by atoms with Gasteiger partial charge in [0.15, 0.2) is 0 Å². The molecule has 0 saturated heterocycles. The number of nitrogens with one attached hydrogen (secondary N) is 1. The molecule has 1 amide bonds. The lowest BCUT2D eigenvalue weighted by Crippen LogP contribution is -2.37. The van der Waals surface area contributed by atoms with Crippen LogP contribution in [0.1, 0.15) is 5.56 Å². The van der Waals surface area contributed by atoms with Crippen LogP contribution >= 0.6 is 15.9 Å². The van der Waals surface area contributed by atoms with Crippen LogP contribution in [-0.4, -0.2) is 12.5 Å². The third kappa shape index (κ3) is 2.49. The van der Waals surface area contributed by atoms with Gasteiger partial charge in [0.25, 0.3) is 0 Å². The molecule has 1 aliphatic heterocycles. The Kier molecular flexibility index (Phi) is 3.36. The second-order valence-electron chi connectivity index (χ2n) is 4.78. The molecule has 2 aromatic rings. The number of nitrogen functional groups attached to an aromatic ring is 1. The van der Waals surface area contributed by atoms with Crippen LogP contribution < -0.4 is 16.0 Å². The van der Waals surface area contributed by atoms with Gasteiger partial charge in [-0.05, 0) is 45.8 Å². The topological polar surface area (TPSA) is 58.4 Å². The Morgan fingerprint density at radius 3 is 2.85 bits per heavy atom. The van der Waals surface area contributed by atoms with Crippen molar-refractivity contribution in [3.8, 4) is 0 Å². The van der Waals surface area contributed by atoms with E-state index in [0.717, 1.165) is 21.4 Å². The number of hydrogen-bond donors (Lipinski definition) is 2. The molecule has 20 heavy (non-hydrogen) atoms. The van der Waals surface area contributed by atoms with E-state index >= 15 is 0 Å². The molecule has 0 aliphatic carbocycles. The Morgan fingerprint density at radius 1 is 1.25 bits per heavy atom. The molecule has 0 bridgehead atoms. The highest BCUT2D eigenvalue weighted by molar-refractivity contribution is 9.10. The second kappa shape index (κ2) is 5.17. The first-order valence-electron chi connectivity index (χ1n) is 6.31. The number of amides is 1.